The third kappa shape index (κ3) is 3.36. The molecule has 6 heteroatoms. The molecule has 0 amide bonds. The highest BCUT2D eigenvalue weighted by atomic mass is 35.5. The molecule has 1 aromatic rings. The first kappa shape index (κ1) is 12.7. The van der Waals surface area contributed by atoms with E-state index in [0.717, 1.165) is 31.7 Å². The highest BCUT2D eigenvalue weighted by Crippen LogP contribution is 2.23. The molecule has 0 saturated carbocycles. The van der Waals surface area contributed by atoms with E-state index < -0.39 is 7.12 Å². The number of nitrogens with one attached hydrogen (secondary N) is 1. The molecule has 17 heavy (non-hydrogen) atoms. The van der Waals surface area contributed by atoms with Crippen molar-refractivity contribution >= 4 is 29.9 Å². The monoisotopic (exact) mass is 255 g/mol. The van der Waals surface area contributed by atoms with Gasteiger partial charge in [0, 0.05) is 19.3 Å². The van der Waals surface area contributed by atoms with Gasteiger partial charge in [-0.25, -0.2) is 0 Å². The fraction of sp³-hybridized carbons (Fsp3) is 0.455. The average molecular weight is 256 g/mol. The first-order valence-corrected chi connectivity index (χ1v) is 6.04. The van der Waals surface area contributed by atoms with Crippen LogP contribution in [0.4, 0.5) is 5.69 Å². The molecule has 0 bridgehead atoms. The summed E-state index contributed by atoms with van der Waals surface area (Å²) in [7, 11) is -1.48. The lowest BCUT2D eigenvalue weighted by Crippen LogP contribution is -2.31. The first-order chi connectivity index (χ1) is 8.16. The third-order valence-corrected chi connectivity index (χ3v) is 3.18. The second-order valence-corrected chi connectivity index (χ2v) is 4.55. The van der Waals surface area contributed by atoms with Crippen LogP contribution in [0.1, 0.15) is 12.8 Å². The van der Waals surface area contributed by atoms with Crippen LogP contribution in [0.3, 0.4) is 0 Å². The standard InChI is InChI=1S/C11H15BClNO3/c13-10-7-8(12(15)16)1-2-11(10)14-9-3-5-17-6-4-9/h1-2,7,9,14-16H,3-6H2. The van der Waals surface area contributed by atoms with E-state index in [1.165, 1.54) is 0 Å². The summed E-state index contributed by atoms with van der Waals surface area (Å²) in [6.07, 6.45) is 1.92. The smallest absolute Gasteiger partial charge is 0.423 e. The third-order valence-electron chi connectivity index (χ3n) is 2.87. The van der Waals surface area contributed by atoms with E-state index in [9.17, 15) is 0 Å². The predicted octanol–water partition coefficient (Wildman–Crippen LogP) is 0.611. The molecule has 1 aliphatic heterocycles. The van der Waals surface area contributed by atoms with Crippen molar-refractivity contribution < 1.29 is 14.8 Å². The zero-order valence-electron chi connectivity index (χ0n) is 9.40. The molecule has 1 saturated heterocycles. The van der Waals surface area contributed by atoms with E-state index in [1.807, 2.05) is 0 Å². The molecular formula is C11H15BClNO3. The van der Waals surface area contributed by atoms with Crippen molar-refractivity contribution in [2.45, 2.75) is 18.9 Å². The average Bonchev–Trinajstić information content (AvgIpc) is 2.33. The molecule has 92 valence electrons. The zero-order chi connectivity index (χ0) is 12.3. The maximum Gasteiger partial charge on any atom is 0.488 e. The van der Waals surface area contributed by atoms with Crippen molar-refractivity contribution in [2.24, 2.45) is 0 Å². The fourth-order valence-corrected chi connectivity index (χ4v) is 2.11. The number of ether oxygens (including phenoxy) is 1. The van der Waals surface area contributed by atoms with Crippen LogP contribution in [-0.4, -0.2) is 36.4 Å². The number of anilines is 1. The molecular weight excluding hydrogens is 240 g/mol. The van der Waals surface area contributed by atoms with E-state index in [1.54, 1.807) is 18.2 Å². The van der Waals surface area contributed by atoms with E-state index in [2.05, 4.69) is 5.32 Å². The molecule has 0 aliphatic carbocycles. The van der Waals surface area contributed by atoms with E-state index in [4.69, 9.17) is 26.4 Å². The van der Waals surface area contributed by atoms with Gasteiger partial charge in [0.05, 0.1) is 10.7 Å². The van der Waals surface area contributed by atoms with Crippen LogP contribution >= 0.6 is 11.6 Å². The second kappa shape index (κ2) is 5.73. The molecule has 2 rings (SSSR count). The molecule has 0 aromatic heterocycles. The molecule has 0 atom stereocenters. The van der Waals surface area contributed by atoms with Gasteiger partial charge in [0.2, 0.25) is 0 Å². The molecule has 1 aromatic carbocycles. The van der Waals surface area contributed by atoms with Gasteiger partial charge in [-0.15, -0.1) is 0 Å². The van der Waals surface area contributed by atoms with Gasteiger partial charge < -0.3 is 20.1 Å². The lowest BCUT2D eigenvalue weighted by Gasteiger charge is -2.24. The van der Waals surface area contributed by atoms with Crippen LogP contribution in [0.5, 0.6) is 0 Å². The Labute approximate surface area is 106 Å². The molecule has 1 heterocycles. The Morgan fingerprint density at radius 1 is 1.29 bits per heavy atom. The number of rotatable bonds is 3. The maximum atomic E-state index is 9.02. The largest absolute Gasteiger partial charge is 0.488 e. The molecule has 0 spiro atoms. The zero-order valence-corrected chi connectivity index (χ0v) is 10.2. The summed E-state index contributed by atoms with van der Waals surface area (Å²) in [5, 5.41) is 21.9. The quantitative estimate of drug-likeness (QED) is 0.693. The minimum atomic E-state index is -1.48. The van der Waals surface area contributed by atoms with Crippen molar-refractivity contribution in [1.82, 2.24) is 0 Å². The van der Waals surface area contributed by atoms with Gasteiger partial charge in [0.1, 0.15) is 0 Å². The summed E-state index contributed by atoms with van der Waals surface area (Å²) in [6.45, 7) is 1.53. The number of hydrogen-bond donors (Lipinski definition) is 3. The summed E-state index contributed by atoms with van der Waals surface area (Å²) < 4.78 is 5.28. The Hall–Kier alpha value is -0.745. The van der Waals surface area contributed by atoms with Crippen molar-refractivity contribution in [2.75, 3.05) is 18.5 Å². The van der Waals surface area contributed by atoms with Crippen LogP contribution in [0, 0.1) is 0 Å². The normalized spacial score (nSPS) is 16.9. The maximum absolute atomic E-state index is 9.02. The summed E-state index contributed by atoms with van der Waals surface area (Å²) in [6, 6.07) is 5.35. The second-order valence-electron chi connectivity index (χ2n) is 4.14. The van der Waals surface area contributed by atoms with Crippen LogP contribution in [-0.2, 0) is 4.74 Å². The highest BCUT2D eigenvalue weighted by Gasteiger charge is 2.16. The van der Waals surface area contributed by atoms with E-state index >= 15 is 0 Å². The van der Waals surface area contributed by atoms with E-state index in [-0.39, 0.29) is 0 Å². The summed E-state index contributed by atoms with van der Waals surface area (Å²) in [5.41, 5.74) is 1.22. The molecule has 4 nitrogen and oxygen atoms in total. The molecule has 3 N–H and O–H groups in total. The number of hydrogen-bond acceptors (Lipinski definition) is 4. The van der Waals surface area contributed by atoms with Crippen molar-refractivity contribution in [3.05, 3.63) is 23.2 Å². The SMILES string of the molecule is OB(O)c1ccc(NC2CCOCC2)c(Cl)c1. The summed E-state index contributed by atoms with van der Waals surface area (Å²) in [5.74, 6) is 0. The summed E-state index contributed by atoms with van der Waals surface area (Å²) >= 11 is 6.08. The Kier molecular flexibility index (Phi) is 4.28. The first-order valence-electron chi connectivity index (χ1n) is 5.66. The van der Waals surface area contributed by atoms with Gasteiger partial charge >= 0.3 is 7.12 Å². The Bertz CT molecular complexity index is 383. The fourth-order valence-electron chi connectivity index (χ4n) is 1.87. The minimum Gasteiger partial charge on any atom is -0.423 e. The topological polar surface area (TPSA) is 61.7 Å². The molecule has 0 unspecified atom stereocenters. The Morgan fingerprint density at radius 3 is 2.59 bits per heavy atom. The van der Waals surface area contributed by atoms with Crippen molar-refractivity contribution in [3.8, 4) is 0 Å². The Morgan fingerprint density at radius 2 is 2.00 bits per heavy atom. The summed E-state index contributed by atoms with van der Waals surface area (Å²) in [4.78, 5) is 0. The lowest BCUT2D eigenvalue weighted by molar-refractivity contribution is 0.0904. The Balaban J connectivity index is 2.05. The van der Waals surface area contributed by atoms with Crippen LogP contribution in [0.2, 0.25) is 5.02 Å². The van der Waals surface area contributed by atoms with Crippen LogP contribution in [0.15, 0.2) is 18.2 Å². The van der Waals surface area contributed by atoms with Crippen LogP contribution in [0.25, 0.3) is 0 Å². The van der Waals surface area contributed by atoms with Crippen LogP contribution < -0.4 is 10.8 Å². The minimum absolute atomic E-state index is 0.367. The number of benzene rings is 1. The van der Waals surface area contributed by atoms with Gasteiger partial charge in [0.25, 0.3) is 0 Å². The number of halogens is 1. The van der Waals surface area contributed by atoms with Gasteiger partial charge in [-0.3, -0.25) is 0 Å². The molecule has 1 fully saturated rings. The lowest BCUT2D eigenvalue weighted by atomic mass is 9.80. The van der Waals surface area contributed by atoms with Gasteiger partial charge in [0.15, 0.2) is 0 Å². The van der Waals surface area contributed by atoms with Gasteiger partial charge in [-0.05, 0) is 30.4 Å². The van der Waals surface area contributed by atoms with Crippen molar-refractivity contribution in [3.63, 3.8) is 0 Å². The predicted molar refractivity (Wildman–Crippen MR) is 68.7 cm³/mol. The molecule has 0 radical (unpaired) electrons. The van der Waals surface area contributed by atoms with Gasteiger partial charge in [-0.2, -0.15) is 0 Å². The highest BCUT2D eigenvalue weighted by molar-refractivity contribution is 6.59. The molecule has 1 aliphatic rings. The van der Waals surface area contributed by atoms with Crippen molar-refractivity contribution in [1.29, 1.82) is 0 Å². The van der Waals surface area contributed by atoms with Gasteiger partial charge in [-0.1, -0.05) is 17.7 Å². The van der Waals surface area contributed by atoms with E-state index in [0.29, 0.717) is 16.5 Å².